The van der Waals surface area contributed by atoms with E-state index in [-0.39, 0.29) is 0 Å². The third-order valence-electron chi connectivity index (χ3n) is 3.49. The van der Waals surface area contributed by atoms with Crippen molar-refractivity contribution in [2.24, 2.45) is 0 Å². The van der Waals surface area contributed by atoms with Gasteiger partial charge in [0.05, 0.1) is 22.8 Å². The van der Waals surface area contributed by atoms with Crippen LogP contribution in [-0.2, 0) is 6.54 Å². The smallest absolute Gasteiger partial charge is 0.128 e. The predicted octanol–water partition coefficient (Wildman–Crippen LogP) is 4.32. The zero-order chi connectivity index (χ0) is 14.8. The molecule has 1 heterocycles. The van der Waals surface area contributed by atoms with Crippen LogP contribution in [0.1, 0.15) is 12.5 Å². The van der Waals surface area contributed by atoms with Gasteiger partial charge in [-0.25, -0.2) is 0 Å². The lowest BCUT2D eigenvalue weighted by Gasteiger charge is -2.09. The van der Waals surface area contributed by atoms with E-state index in [0.29, 0.717) is 17.3 Å². The number of halogens is 1. The average Bonchev–Trinajstić information content (AvgIpc) is 2.88. The molecule has 2 N–H and O–H groups in total. The van der Waals surface area contributed by atoms with Crippen molar-refractivity contribution in [3.8, 4) is 5.75 Å². The zero-order valence-electron chi connectivity index (χ0n) is 11.8. The van der Waals surface area contributed by atoms with E-state index in [1.807, 2.05) is 37.3 Å². The molecule has 1 aromatic heterocycles. The molecule has 108 valence electrons. The number of nitrogens with two attached hydrogens (primary N) is 1. The van der Waals surface area contributed by atoms with Gasteiger partial charge in [0.15, 0.2) is 0 Å². The summed E-state index contributed by atoms with van der Waals surface area (Å²) in [5.41, 5.74) is 8.75. The highest BCUT2D eigenvalue weighted by molar-refractivity contribution is 6.33. The van der Waals surface area contributed by atoms with Crippen LogP contribution in [0.4, 0.5) is 5.69 Å². The first-order chi connectivity index (χ1) is 10.2. The molecule has 0 amide bonds. The van der Waals surface area contributed by atoms with Crippen LogP contribution < -0.4 is 10.5 Å². The highest BCUT2D eigenvalue weighted by Gasteiger charge is 2.07. The largest absolute Gasteiger partial charge is 0.493 e. The molecule has 0 atom stereocenters. The van der Waals surface area contributed by atoms with Crippen molar-refractivity contribution in [3.05, 3.63) is 59.2 Å². The summed E-state index contributed by atoms with van der Waals surface area (Å²) < 4.78 is 7.85. The van der Waals surface area contributed by atoms with Gasteiger partial charge in [0, 0.05) is 18.1 Å². The Morgan fingerprint density at radius 3 is 2.81 bits per heavy atom. The maximum atomic E-state index is 5.96. The number of fused-ring (bicyclic) bond motifs is 1. The highest BCUT2D eigenvalue weighted by atomic mass is 35.5. The van der Waals surface area contributed by atoms with E-state index in [2.05, 4.69) is 22.9 Å². The summed E-state index contributed by atoms with van der Waals surface area (Å²) in [6.07, 6.45) is 2.07. The Hall–Kier alpha value is -2.13. The molecular formula is C17H17ClN2O. The Balaban J connectivity index is 1.97. The first-order valence-corrected chi connectivity index (χ1v) is 7.31. The van der Waals surface area contributed by atoms with Gasteiger partial charge in [0.1, 0.15) is 5.75 Å². The van der Waals surface area contributed by atoms with Crippen LogP contribution in [0, 0.1) is 0 Å². The number of aromatic nitrogens is 1. The Bertz CT molecular complexity index is 780. The maximum Gasteiger partial charge on any atom is 0.128 e. The van der Waals surface area contributed by atoms with Crippen molar-refractivity contribution in [2.45, 2.75) is 13.5 Å². The van der Waals surface area contributed by atoms with Crippen LogP contribution in [-0.4, -0.2) is 11.2 Å². The van der Waals surface area contributed by atoms with Crippen molar-refractivity contribution < 1.29 is 4.74 Å². The normalized spacial score (nSPS) is 11.0. The number of benzene rings is 2. The first kappa shape index (κ1) is 13.8. The van der Waals surface area contributed by atoms with Crippen LogP contribution in [0.5, 0.6) is 5.75 Å². The minimum atomic E-state index is 0.592. The van der Waals surface area contributed by atoms with E-state index in [9.17, 15) is 0 Å². The lowest BCUT2D eigenvalue weighted by molar-refractivity contribution is 0.344. The molecule has 3 aromatic rings. The van der Waals surface area contributed by atoms with Gasteiger partial charge in [-0.2, -0.15) is 0 Å². The molecule has 4 heteroatoms. The summed E-state index contributed by atoms with van der Waals surface area (Å²) in [5, 5.41) is 1.72. The Labute approximate surface area is 128 Å². The number of hydrogen-bond acceptors (Lipinski definition) is 2. The molecule has 0 saturated heterocycles. The number of ether oxygens (including phenoxy) is 1. The van der Waals surface area contributed by atoms with E-state index >= 15 is 0 Å². The molecule has 0 fully saturated rings. The number of anilines is 1. The summed E-state index contributed by atoms with van der Waals surface area (Å²) >= 11 is 5.96. The summed E-state index contributed by atoms with van der Waals surface area (Å²) in [6.45, 7) is 3.41. The summed E-state index contributed by atoms with van der Waals surface area (Å²) in [4.78, 5) is 0. The fraction of sp³-hybridized carbons (Fsp3) is 0.176. The molecular weight excluding hydrogens is 284 g/mol. The van der Waals surface area contributed by atoms with Gasteiger partial charge < -0.3 is 15.0 Å². The average molecular weight is 301 g/mol. The zero-order valence-corrected chi connectivity index (χ0v) is 12.6. The van der Waals surface area contributed by atoms with Crippen molar-refractivity contribution in [1.29, 1.82) is 0 Å². The Morgan fingerprint density at radius 1 is 1.19 bits per heavy atom. The molecule has 0 unspecified atom stereocenters. The Kier molecular flexibility index (Phi) is 3.76. The third kappa shape index (κ3) is 2.69. The van der Waals surface area contributed by atoms with E-state index in [1.54, 1.807) is 0 Å². The number of nitrogens with zero attached hydrogens (tertiary/aromatic N) is 1. The minimum absolute atomic E-state index is 0.592. The van der Waals surface area contributed by atoms with Crippen molar-refractivity contribution in [1.82, 2.24) is 4.57 Å². The molecule has 0 aliphatic carbocycles. The third-order valence-corrected chi connectivity index (χ3v) is 3.83. The monoisotopic (exact) mass is 300 g/mol. The van der Waals surface area contributed by atoms with Crippen molar-refractivity contribution in [3.63, 3.8) is 0 Å². The standard InChI is InChI=1S/C17H17ClN2O/c1-2-21-17-5-3-4-16-13(17)8-9-20(16)11-12-6-7-14(18)15(19)10-12/h3-10H,2,11,19H2,1H3. The maximum absolute atomic E-state index is 5.96. The van der Waals surface area contributed by atoms with Crippen molar-refractivity contribution >= 4 is 28.2 Å². The second-order valence-corrected chi connectivity index (χ2v) is 5.33. The van der Waals surface area contributed by atoms with Crippen LogP contribution in [0.15, 0.2) is 48.7 Å². The summed E-state index contributed by atoms with van der Waals surface area (Å²) in [5.74, 6) is 0.921. The van der Waals surface area contributed by atoms with Gasteiger partial charge in [0.2, 0.25) is 0 Å². The highest BCUT2D eigenvalue weighted by Crippen LogP contribution is 2.28. The second-order valence-electron chi connectivity index (χ2n) is 4.92. The lowest BCUT2D eigenvalue weighted by Crippen LogP contribution is -1.99. The molecule has 2 aromatic carbocycles. The lowest BCUT2D eigenvalue weighted by atomic mass is 10.2. The van der Waals surface area contributed by atoms with Crippen molar-refractivity contribution in [2.75, 3.05) is 12.3 Å². The first-order valence-electron chi connectivity index (χ1n) is 6.93. The fourth-order valence-electron chi connectivity index (χ4n) is 2.50. The van der Waals surface area contributed by atoms with Crippen LogP contribution in [0.2, 0.25) is 5.02 Å². The van der Waals surface area contributed by atoms with Gasteiger partial charge in [0.25, 0.3) is 0 Å². The molecule has 0 bridgehead atoms. The molecule has 0 radical (unpaired) electrons. The van der Waals surface area contributed by atoms with Gasteiger partial charge in [-0.15, -0.1) is 0 Å². The number of rotatable bonds is 4. The number of nitrogen functional groups attached to an aromatic ring is 1. The molecule has 0 spiro atoms. The topological polar surface area (TPSA) is 40.2 Å². The quantitative estimate of drug-likeness (QED) is 0.729. The minimum Gasteiger partial charge on any atom is -0.493 e. The van der Waals surface area contributed by atoms with E-state index in [4.69, 9.17) is 22.1 Å². The Morgan fingerprint density at radius 2 is 2.05 bits per heavy atom. The van der Waals surface area contributed by atoms with Gasteiger partial charge in [-0.1, -0.05) is 23.7 Å². The van der Waals surface area contributed by atoms with Gasteiger partial charge in [-0.3, -0.25) is 0 Å². The van der Waals surface area contributed by atoms with Crippen LogP contribution in [0.3, 0.4) is 0 Å². The fourth-order valence-corrected chi connectivity index (χ4v) is 2.62. The molecule has 0 aliphatic rings. The molecule has 0 aliphatic heterocycles. The van der Waals surface area contributed by atoms with E-state index < -0.39 is 0 Å². The predicted molar refractivity (Wildman–Crippen MR) is 88.1 cm³/mol. The van der Waals surface area contributed by atoms with Gasteiger partial charge in [-0.05, 0) is 42.8 Å². The number of hydrogen-bond donors (Lipinski definition) is 1. The van der Waals surface area contributed by atoms with E-state index in [1.165, 1.54) is 0 Å². The van der Waals surface area contributed by atoms with E-state index in [0.717, 1.165) is 28.8 Å². The summed E-state index contributed by atoms with van der Waals surface area (Å²) in [6, 6.07) is 13.9. The van der Waals surface area contributed by atoms with Crippen LogP contribution in [0.25, 0.3) is 10.9 Å². The molecule has 0 saturated carbocycles. The SMILES string of the molecule is CCOc1cccc2c1ccn2Cc1ccc(Cl)c(N)c1. The summed E-state index contributed by atoms with van der Waals surface area (Å²) in [7, 11) is 0. The second kappa shape index (κ2) is 5.70. The molecule has 3 rings (SSSR count). The molecule has 21 heavy (non-hydrogen) atoms. The van der Waals surface area contributed by atoms with Gasteiger partial charge >= 0.3 is 0 Å². The molecule has 3 nitrogen and oxygen atoms in total. The van der Waals surface area contributed by atoms with Crippen LogP contribution >= 0.6 is 11.6 Å².